The summed E-state index contributed by atoms with van der Waals surface area (Å²) >= 11 is 1.66. The molecule has 2 aromatic heterocycles. The van der Waals surface area contributed by atoms with Crippen LogP contribution < -0.4 is 10.6 Å². The van der Waals surface area contributed by atoms with E-state index in [1.54, 1.807) is 23.6 Å². The number of nitrogens with zero attached hydrogens (tertiary/aromatic N) is 1. The summed E-state index contributed by atoms with van der Waals surface area (Å²) in [6.07, 6.45) is 1.66. The molecule has 0 bridgehead atoms. The van der Waals surface area contributed by atoms with Gasteiger partial charge in [0.2, 0.25) is 0 Å². The Hall–Kier alpha value is -1.88. The highest BCUT2D eigenvalue weighted by molar-refractivity contribution is 7.10. The molecule has 2 heterocycles. The molecule has 0 saturated heterocycles. The van der Waals surface area contributed by atoms with E-state index in [0.29, 0.717) is 11.6 Å². The van der Waals surface area contributed by atoms with Gasteiger partial charge in [-0.3, -0.25) is 4.79 Å². The highest BCUT2D eigenvalue weighted by Gasteiger charge is 2.20. The minimum absolute atomic E-state index is 0.0216. The molecule has 20 heavy (non-hydrogen) atoms. The number of pyridine rings is 1. The first-order chi connectivity index (χ1) is 9.61. The van der Waals surface area contributed by atoms with Gasteiger partial charge in [0, 0.05) is 11.9 Å². The van der Waals surface area contributed by atoms with Crippen molar-refractivity contribution in [1.29, 1.82) is 0 Å². The van der Waals surface area contributed by atoms with E-state index < -0.39 is 0 Å². The predicted molar refractivity (Wildman–Crippen MR) is 83.1 cm³/mol. The first-order valence-corrected chi connectivity index (χ1v) is 7.48. The molecule has 2 aromatic rings. The number of anilines is 1. The zero-order chi connectivity index (χ0) is 14.5. The molecule has 5 heteroatoms. The van der Waals surface area contributed by atoms with Gasteiger partial charge in [-0.05, 0) is 29.5 Å². The minimum Gasteiger partial charge on any atom is -0.387 e. The Morgan fingerprint density at radius 2 is 2.10 bits per heavy atom. The van der Waals surface area contributed by atoms with Crippen LogP contribution in [0.25, 0.3) is 0 Å². The van der Waals surface area contributed by atoms with Gasteiger partial charge in [0.1, 0.15) is 5.69 Å². The van der Waals surface area contributed by atoms with E-state index in [1.807, 2.05) is 30.6 Å². The highest BCUT2D eigenvalue weighted by Crippen LogP contribution is 2.26. The summed E-state index contributed by atoms with van der Waals surface area (Å²) in [4.78, 5) is 17.6. The predicted octanol–water partition coefficient (Wildman–Crippen LogP) is 3.31. The monoisotopic (exact) mass is 289 g/mol. The van der Waals surface area contributed by atoms with Crippen LogP contribution in [0.15, 0.2) is 35.8 Å². The zero-order valence-electron chi connectivity index (χ0n) is 11.9. The van der Waals surface area contributed by atoms with E-state index in [2.05, 4.69) is 29.5 Å². The molecule has 1 atom stereocenters. The molecule has 2 N–H and O–H groups in total. The molecule has 1 unspecified atom stereocenters. The van der Waals surface area contributed by atoms with Crippen molar-refractivity contribution in [2.45, 2.75) is 19.9 Å². The Bertz CT molecular complexity index is 549. The number of aromatic nitrogens is 1. The van der Waals surface area contributed by atoms with Crippen molar-refractivity contribution in [2.24, 2.45) is 5.92 Å². The molecular formula is C15H19N3OS. The highest BCUT2D eigenvalue weighted by atomic mass is 32.1. The van der Waals surface area contributed by atoms with Crippen molar-refractivity contribution < 1.29 is 4.79 Å². The Balaban J connectivity index is 2.12. The van der Waals surface area contributed by atoms with Crippen LogP contribution in [0.1, 0.15) is 35.3 Å². The molecule has 0 spiro atoms. The van der Waals surface area contributed by atoms with Crippen LogP contribution in [0.4, 0.5) is 5.69 Å². The van der Waals surface area contributed by atoms with Gasteiger partial charge in [0.25, 0.3) is 5.91 Å². The van der Waals surface area contributed by atoms with Crippen LogP contribution in [0, 0.1) is 5.92 Å². The van der Waals surface area contributed by atoms with Gasteiger partial charge in [-0.1, -0.05) is 19.9 Å². The largest absolute Gasteiger partial charge is 0.387 e. The normalized spacial score (nSPS) is 12.2. The van der Waals surface area contributed by atoms with Crippen LogP contribution in [0.3, 0.4) is 0 Å². The fourth-order valence-corrected chi connectivity index (χ4v) is 2.87. The number of nitrogens with one attached hydrogen (secondary N) is 2. The fraction of sp³-hybridized carbons (Fsp3) is 0.333. The number of rotatable bonds is 5. The maximum atomic E-state index is 12.3. The van der Waals surface area contributed by atoms with Crippen LogP contribution in [0.2, 0.25) is 0 Å². The van der Waals surface area contributed by atoms with Gasteiger partial charge in [0.05, 0.1) is 17.9 Å². The van der Waals surface area contributed by atoms with E-state index in [-0.39, 0.29) is 11.9 Å². The lowest BCUT2D eigenvalue weighted by atomic mass is 10.0. The maximum absolute atomic E-state index is 12.3. The molecule has 0 radical (unpaired) electrons. The van der Waals surface area contributed by atoms with Crippen LogP contribution >= 0.6 is 11.3 Å². The van der Waals surface area contributed by atoms with E-state index in [4.69, 9.17) is 0 Å². The van der Waals surface area contributed by atoms with Gasteiger partial charge >= 0.3 is 0 Å². The number of hydrogen-bond donors (Lipinski definition) is 2. The SMILES string of the molecule is CNc1ccc(C(=O)NC(c2cccs2)C(C)C)nc1. The van der Waals surface area contributed by atoms with E-state index in [0.717, 1.165) is 5.69 Å². The molecule has 0 aromatic carbocycles. The van der Waals surface area contributed by atoms with Crippen molar-refractivity contribution in [1.82, 2.24) is 10.3 Å². The quantitative estimate of drug-likeness (QED) is 0.888. The number of carbonyl (C=O) groups excluding carboxylic acids is 1. The summed E-state index contributed by atoms with van der Waals surface area (Å²) in [6.45, 7) is 4.20. The summed E-state index contributed by atoms with van der Waals surface area (Å²) in [5, 5.41) is 8.07. The van der Waals surface area contributed by atoms with Crippen molar-refractivity contribution in [3.05, 3.63) is 46.4 Å². The first-order valence-electron chi connectivity index (χ1n) is 6.60. The molecule has 4 nitrogen and oxygen atoms in total. The lowest BCUT2D eigenvalue weighted by molar-refractivity contribution is 0.0921. The number of carbonyl (C=O) groups is 1. The summed E-state index contributed by atoms with van der Waals surface area (Å²) in [7, 11) is 1.82. The van der Waals surface area contributed by atoms with Gasteiger partial charge in [-0.25, -0.2) is 4.98 Å². The summed E-state index contributed by atoms with van der Waals surface area (Å²) in [5.74, 6) is 0.189. The van der Waals surface area contributed by atoms with Crippen molar-refractivity contribution in [3.63, 3.8) is 0 Å². The Morgan fingerprint density at radius 1 is 1.30 bits per heavy atom. The average Bonchev–Trinajstić information content (AvgIpc) is 2.98. The molecule has 0 aliphatic heterocycles. The second kappa shape index (κ2) is 6.52. The topological polar surface area (TPSA) is 54.0 Å². The van der Waals surface area contributed by atoms with Crippen LogP contribution in [0.5, 0.6) is 0 Å². The van der Waals surface area contributed by atoms with E-state index in [1.165, 1.54) is 4.88 Å². The van der Waals surface area contributed by atoms with E-state index in [9.17, 15) is 4.79 Å². The molecule has 0 saturated carbocycles. The fourth-order valence-electron chi connectivity index (χ4n) is 1.93. The molecular weight excluding hydrogens is 270 g/mol. The molecule has 0 aliphatic rings. The first kappa shape index (κ1) is 14.5. The Kier molecular flexibility index (Phi) is 4.74. The minimum atomic E-state index is -0.139. The second-order valence-corrected chi connectivity index (χ2v) is 5.87. The van der Waals surface area contributed by atoms with Gasteiger partial charge < -0.3 is 10.6 Å². The van der Waals surface area contributed by atoms with E-state index >= 15 is 0 Å². The standard InChI is InChI=1S/C15H19N3OS/c1-10(2)14(13-5-4-8-20-13)18-15(19)12-7-6-11(16-3)9-17-12/h4-10,14,16H,1-3H3,(H,18,19). The number of thiophene rings is 1. The Morgan fingerprint density at radius 3 is 2.60 bits per heavy atom. The van der Waals surface area contributed by atoms with Crippen LogP contribution in [-0.2, 0) is 0 Å². The summed E-state index contributed by atoms with van der Waals surface area (Å²) < 4.78 is 0. The van der Waals surface area contributed by atoms with Crippen molar-refractivity contribution in [2.75, 3.05) is 12.4 Å². The lowest BCUT2D eigenvalue weighted by Gasteiger charge is -2.21. The van der Waals surface area contributed by atoms with Gasteiger partial charge in [-0.2, -0.15) is 0 Å². The Labute approximate surface area is 123 Å². The summed E-state index contributed by atoms with van der Waals surface area (Å²) in [5.41, 5.74) is 1.33. The third-order valence-electron chi connectivity index (χ3n) is 3.09. The second-order valence-electron chi connectivity index (χ2n) is 4.89. The average molecular weight is 289 g/mol. The van der Waals surface area contributed by atoms with Crippen molar-refractivity contribution >= 4 is 22.9 Å². The number of amides is 1. The smallest absolute Gasteiger partial charge is 0.270 e. The molecule has 2 rings (SSSR count). The van der Waals surface area contributed by atoms with Gasteiger partial charge in [0.15, 0.2) is 0 Å². The third kappa shape index (κ3) is 3.36. The maximum Gasteiger partial charge on any atom is 0.270 e. The summed E-state index contributed by atoms with van der Waals surface area (Å²) in [6, 6.07) is 7.65. The molecule has 1 amide bonds. The zero-order valence-corrected chi connectivity index (χ0v) is 12.7. The lowest BCUT2D eigenvalue weighted by Crippen LogP contribution is -2.31. The third-order valence-corrected chi connectivity index (χ3v) is 4.04. The van der Waals surface area contributed by atoms with Crippen molar-refractivity contribution in [3.8, 4) is 0 Å². The number of hydrogen-bond acceptors (Lipinski definition) is 4. The van der Waals surface area contributed by atoms with Crippen LogP contribution in [-0.4, -0.2) is 17.9 Å². The molecule has 0 aliphatic carbocycles. The molecule has 106 valence electrons. The molecule has 0 fully saturated rings. The van der Waals surface area contributed by atoms with Gasteiger partial charge in [-0.15, -0.1) is 11.3 Å².